The lowest BCUT2D eigenvalue weighted by Crippen LogP contribution is -2.42. The first-order valence-corrected chi connectivity index (χ1v) is 9.77. The Bertz CT molecular complexity index is 565. The van der Waals surface area contributed by atoms with Gasteiger partial charge in [0.2, 0.25) is 0 Å². The highest BCUT2D eigenvalue weighted by Gasteiger charge is 2.68. The van der Waals surface area contributed by atoms with Gasteiger partial charge in [-0.1, -0.05) is 20.8 Å². The zero-order valence-electron chi connectivity index (χ0n) is 13.4. The van der Waals surface area contributed by atoms with Crippen molar-refractivity contribution in [3.63, 3.8) is 0 Å². The topological polar surface area (TPSA) is 60.4 Å². The predicted molar refractivity (Wildman–Crippen MR) is 80.1 cm³/mol. The third-order valence-corrected chi connectivity index (χ3v) is 7.24. The second-order valence-corrected chi connectivity index (χ2v) is 9.82. The molecule has 0 radical (unpaired) electrons. The lowest BCUT2D eigenvalue weighted by molar-refractivity contribution is -0.124. The van der Waals surface area contributed by atoms with Crippen molar-refractivity contribution in [2.24, 2.45) is 34.5 Å². The second kappa shape index (κ2) is 4.54. The van der Waals surface area contributed by atoms with Gasteiger partial charge in [-0.2, -0.15) is 8.42 Å². The predicted octanol–water partition coefficient (Wildman–Crippen LogP) is 2.63. The van der Waals surface area contributed by atoms with E-state index in [4.69, 9.17) is 4.18 Å². The lowest BCUT2D eigenvalue weighted by Gasteiger charge is -2.44. The minimum Gasteiger partial charge on any atom is -0.299 e. The first-order valence-electron chi connectivity index (χ1n) is 7.95. The summed E-state index contributed by atoms with van der Waals surface area (Å²) >= 11 is 0. The van der Waals surface area contributed by atoms with Crippen LogP contribution in [0.1, 0.15) is 46.5 Å². The highest BCUT2D eigenvalue weighted by Crippen LogP contribution is 2.72. The summed E-state index contributed by atoms with van der Waals surface area (Å²) in [6, 6.07) is 0. The van der Waals surface area contributed by atoms with E-state index in [9.17, 15) is 13.2 Å². The Kier molecular flexibility index (Phi) is 3.35. The number of ketones is 1. The van der Waals surface area contributed by atoms with Gasteiger partial charge in [-0.15, -0.1) is 0 Å². The number of hydrogen-bond acceptors (Lipinski definition) is 4. The molecule has 3 aliphatic carbocycles. The molecule has 4 unspecified atom stereocenters. The zero-order valence-corrected chi connectivity index (χ0v) is 14.2. The van der Waals surface area contributed by atoms with Crippen LogP contribution in [0.2, 0.25) is 0 Å². The van der Waals surface area contributed by atoms with Gasteiger partial charge in [-0.25, -0.2) is 0 Å². The van der Waals surface area contributed by atoms with Crippen LogP contribution in [0.4, 0.5) is 0 Å². The van der Waals surface area contributed by atoms with E-state index in [0.717, 1.165) is 19.1 Å². The van der Waals surface area contributed by atoms with E-state index in [2.05, 4.69) is 20.8 Å². The average molecular weight is 314 g/mol. The molecule has 3 aliphatic rings. The third-order valence-electron chi connectivity index (χ3n) is 6.68. The van der Waals surface area contributed by atoms with Crippen LogP contribution < -0.4 is 0 Å². The summed E-state index contributed by atoms with van der Waals surface area (Å²) in [6.45, 7) is 6.92. The van der Waals surface area contributed by atoms with E-state index in [1.54, 1.807) is 0 Å². The molecule has 0 aliphatic heterocycles. The van der Waals surface area contributed by atoms with Crippen LogP contribution in [0.5, 0.6) is 0 Å². The van der Waals surface area contributed by atoms with Crippen molar-refractivity contribution in [1.29, 1.82) is 0 Å². The van der Waals surface area contributed by atoms with E-state index in [1.165, 1.54) is 6.42 Å². The van der Waals surface area contributed by atoms with Gasteiger partial charge < -0.3 is 0 Å². The van der Waals surface area contributed by atoms with Gasteiger partial charge in [0.1, 0.15) is 5.78 Å². The summed E-state index contributed by atoms with van der Waals surface area (Å²) < 4.78 is 27.7. The van der Waals surface area contributed by atoms with Crippen molar-refractivity contribution in [3.8, 4) is 0 Å². The van der Waals surface area contributed by atoms with Crippen molar-refractivity contribution in [2.45, 2.75) is 46.5 Å². The largest absolute Gasteiger partial charge is 0.299 e. The summed E-state index contributed by atoms with van der Waals surface area (Å²) in [5.74, 6) is 1.48. The quantitative estimate of drug-likeness (QED) is 0.751. The van der Waals surface area contributed by atoms with Crippen molar-refractivity contribution in [2.75, 3.05) is 12.9 Å². The van der Waals surface area contributed by atoms with E-state index >= 15 is 0 Å². The summed E-state index contributed by atoms with van der Waals surface area (Å²) in [7, 11) is -3.49. The van der Waals surface area contributed by atoms with Crippen LogP contribution in [0, 0.1) is 34.5 Å². The minimum absolute atomic E-state index is 0.0335. The first-order chi connectivity index (χ1) is 9.58. The SMILES string of the molecule is CC1CCC2C3CC(=O)C(COS(C)(=O)=O)[C@@]13CC2(C)C. The Morgan fingerprint density at radius 3 is 2.52 bits per heavy atom. The molecule has 3 rings (SSSR count). The van der Waals surface area contributed by atoms with Crippen LogP contribution in [0.3, 0.4) is 0 Å². The Morgan fingerprint density at radius 2 is 1.90 bits per heavy atom. The third kappa shape index (κ3) is 2.19. The molecule has 2 bridgehead atoms. The van der Waals surface area contributed by atoms with Crippen LogP contribution in [0.25, 0.3) is 0 Å². The van der Waals surface area contributed by atoms with Crippen molar-refractivity contribution in [1.82, 2.24) is 0 Å². The van der Waals surface area contributed by atoms with Gasteiger partial charge >= 0.3 is 0 Å². The minimum atomic E-state index is -3.49. The summed E-state index contributed by atoms with van der Waals surface area (Å²) in [4.78, 5) is 12.5. The van der Waals surface area contributed by atoms with E-state index in [1.807, 2.05) is 0 Å². The smallest absolute Gasteiger partial charge is 0.264 e. The number of carbonyl (C=O) groups excluding carboxylic acids is 1. The number of carbonyl (C=O) groups is 1. The van der Waals surface area contributed by atoms with Gasteiger partial charge in [0.15, 0.2) is 0 Å². The summed E-state index contributed by atoms with van der Waals surface area (Å²) in [5, 5.41) is 0. The molecular weight excluding hydrogens is 288 g/mol. The molecule has 5 heteroatoms. The molecule has 5 atom stereocenters. The van der Waals surface area contributed by atoms with Gasteiger partial charge in [0.25, 0.3) is 10.1 Å². The van der Waals surface area contributed by atoms with Crippen LogP contribution in [0.15, 0.2) is 0 Å². The molecule has 0 N–H and O–H groups in total. The Balaban J connectivity index is 1.96. The molecule has 0 aromatic carbocycles. The first kappa shape index (κ1) is 15.5. The molecule has 0 spiro atoms. The number of Topliss-reactive ketones (excluding diaryl/α,β-unsaturated/α-hetero) is 1. The van der Waals surface area contributed by atoms with Crippen LogP contribution in [-0.4, -0.2) is 27.1 Å². The lowest BCUT2D eigenvalue weighted by atomic mass is 9.60. The Labute approximate surface area is 127 Å². The maximum Gasteiger partial charge on any atom is 0.264 e. The molecule has 3 fully saturated rings. The fourth-order valence-electron chi connectivity index (χ4n) is 5.96. The molecule has 4 nitrogen and oxygen atoms in total. The van der Waals surface area contributed by atoms with Crippen molar-refractivity contribution >= 4 is 15.9 Å². The van der Waals surface area contributed by atoms with Crippen LogP contribution in [-0.2, 0) is 19.1 Å². The Morgan fingerprint density at radius 1 is 1.24 bits per heavy atom. The van der Waals surface area contributed by atoms with Gasteiger partial charge in [0.05, 0.1) is 12.9 Å². The van der Waals surface area contributed by atoms with E-state index in [-0.39, 0.29) is 29.1 Å². The fraction of sp³-hybridized carbons (Fsp3) is 0.938. The molecule has 0 saturated heterocycles. The zero-order chi connectivity index (χ0) is 15.6. The molecular formula is C16H26O4S. The highest BCUT2D eigenvalue weighted by atomic mass is 32.2. The highest BCUT2D eigenvalue weighted by molar-refractivity contribution is 7.85. The molecule has 0 aromatic heterocycles. The molecule has 0 amide bonds. The fourth-order valence-corrected chi connectivity index (χ4v) is 6.34. The standard InChI is InChI=1S/C16H26O4S/c1-10-5-6-11-12-7-14(17)13(8-20-21(4,18)19)16(10,12)9-15(11,2)3/h10-13H,5-9H2,1-4H3/t10?,11?,12?,13?,16-/m0/s1. The normalized spacial score (nSPS) is 44.9. The number of hydrogen-bond donors (Lipinski definition) is 0. The van der Waals surface area contributed by atoms with E-state index < -0.39 is 10.1 Å². The summed E-state index contributed by atoms with van der Waals surface area (Å²) in [6.07, 6.45) is 5.06. The summed E-state index contributed by atoms with van der Waals surface area (Å²) in [5.41, 5.74) is 0.216. The molecule has 21 heavy (non-hydrogen) atoms. The van der Waals surface area contributed by atoms with Crippen molar-refractivity contribution in [3.05, 3.63) is 0 Å². The number of rotatable bonds is 3. The molecule has 3 saturated carbocycles. The van der Waals surface area contributed by atoms with Crippen LogP contribution >= 0.6 is 0 Å². The molecule has 120 valence electrons. The Hall–Kier alpha value is -0.420. The van der Waals surface area contributed by atoms with Crippen molar-refractivity contribution < 1.29 is 17.4 Å². The van der Waals surface area contributed by atoms with Gasteiger partial charge in [-0.05, 0) is 47.8 Å². The monoisotopic (exact) mass is 314 g/mol. The second-order valence-electron chi connectivity index (χ2n) is 8.18. The maximum atomic E-state index is 12.5. The van der Waals surface area contributed by atoms with Gasteiger partial charge in [-0.3, -0.25) is 8.98 Å². The molecule has 0 aromatic rings. The van der Waals surface area contributed by atoms with Gasteiger partial charge in [0, 0.05) is 12.3 Å². The maximum absolute atomic E-state index is 12.5. The average Bonchev–Trinajstić information content (AvgIpc) is 2.66. The molecule has 0 heterocycles. The van der Waals surface area contributed by atoms with E-state index in [0.29, 0.717) is 24.2 Å².